The van der Waals surface area contributed by atoms with Crippen molar-refractivity contribution in [3.63, 3.8) is 0 Å². The Morgan fingerprint density at radius 3 is 2.77 bits per heavy atom. The number of rotatable bonds is 4. The summed E-state index contributed by atoms with van der Waals surface area (Å²) in [4.78, 5) is 15.8. The summed E-state index contributed by atoms with van der Waals surface area (Å²) in [6, 6.07) is 4.29. The molecule has 0 radical (unpaired) electrons. The molecule has 1 aliphatic rings. The van der Waals surface area contributed by atoms with Gasteiger partial charge in [-0.2, -0.15) is 0 Å². The van der Waals surface area contributed by atoms with Gasteiger partial charge in [0, 0.05) is 60.6 Å². The molecule has 3 aromatic rings. The van der Waals surface area contributed by atoms with Crippen molar-refractivity contribution < 1.29 is 4.52 Å². The number of aryl methyl sites for hydroxylation is 2. The van der Waals surface area contributed by atoms with Crippen LogP contribution in [0.4, 0.5) is 0 Å². The minimum absolute atomic E-state index is 0.458. The minimum Gasteiger partial charge on any atom is -0.361 e. The van der Waals surface area contributed by atoms with Gasteiger partial charge >= 0.3 is 0 Å². The second-order valence-electron chi connectivity index (χ2n) is 6.94. The SMILES string of the molecule is Cc1noc(C)c1-c1ccc(C2CCCN(Cc3cnccn3)C2)nc1. The molecule has 6 heteroatoms. The van der Waals surface area contributed by atoms with Gasteiger partial charge in [-0.1, -0.05) is 11.2 Å². The van der Waals surface area contributed by atoms with Crippen LogP contribution in [0.2, 0.25) is 0 Å². The van der Waals surface area contributed by atoms with Gasteiger partial charge < -0.3 is 4.52 Å². The first-order valence-corrected chi connectivity index (χ1v) is 9.07. The molecule has 0 spiro atoms. The van der Waals surface area contributed by atoms with Crippen LogP contribution in [0.25, 0.3) is 11.1 Å². The number of piperidine rings is 1. The Bertz CT molecular complexity index is 840. The molecule has 134 valence electrons. The van der Waals surface area contributed by atoms with Gasteiger partial charge in [0.2, 0.25) is 0 Å². The van der Waals surface area contributed by atoms with Crippen LogP contribution in [0, 0.1) is 13.8 Å². The summed E-state index contributed by atoms with van der Waals surface area (Å²) in [6.07, 6.45) is 9.62. The second kappa shape index (κ2) is 7.33. The fraction of sp³-hybridized carbons (Fsp3) is 0.400. The summed E-state index contributed by atoms with van der Waals surface area (Å²) in [7, 11) is 0. The molecule has 0 N–H and O–H groups in total. The van der Waals surface area contributed by atoms with Crippen molar-refractivity contribution in [3.05, 3.63) is 59.8 Å². The number of aromatic nitrogens is 4. The molecule has 1 aliphatic heterocycles. The molecule has 6 nitrogen and oxygen atoms in total. The lowest BCUT2D eigenvalue weighted by molar-refractivity contribution is 0.196. The molecule has 0 aliphatic carbocycles. The lowest BCUT2D eigenvalue weighted by atomic mass is 9.93. The fourth-order valence-corrected chi connectivity index (χ4v) is 3.77. The molecule has 3 aromatic heterocycles. The van der Waals surface area contributed by atoms with Gasteiger partial charge in [-0.3, -0.25) is 19.9 Å². The maximum atomic E-state index is 5.27. The van der Waals surface area contributed by atoms with E-state index in [-0.39, 0.29) is 0 Å². The van der Waals surface area contributed by atoms with Gasteiger partial charge in [0.25, 0.3) is 0 Å². The fourth-order valence-electron chi connectivity index (χ4n) is 3.77. The van der Waals surface area contributed by atoms with E-state index in [2.05, 4.69) is 32.2 Å². The first-order valence-electron chi connectivity index (χ1n) is 9.07. The predicted molar refractivity (Wildman–Crippen MR) is 98.5 cm³/mol. The van der Waals surface area contributed by atoms with Crippen molar-refractivity contribution in [2.75, 3.05) is 13.1 Å². The molecule has 26 heavy (non-hydrogen) atoms. The largest absolute Gasteiger partial charge is 0.361 e. The van der Waals surface area contributed by atoms with E-state index in [0.29, 0.717) is 5.92 Å². The summed E-state index contributed by atoms with van der Waals surface area (Å²) >= 11 is 0. The summed E-state index contributed by atoms with van der Waals surface area (Å²) in [5, 5.41) is 4.03. The molecule has 1 unspecified atom stereocenters. The Morgan fingerprint density at radius 1 is 1.15 bits per heavy atom. The molecule has 1 atom stereocenters. The Kier molecular flexibility index (Phi) is 4.75. The highest BCUT2D eigenvalue weighted by Crippen LogP contribution is 2.30. The van der Waals surface area contributed by atoms with Gasteiger partial charge in [-0.15, -0.1) is 0 Å². The van der Waals surface area contributed by atoms with Crippen LogP contribution < -0.4 is 0 Å². The third-order valence-corrected chi connectivity index (χ3v) is 5.03. The number of hydrogen-bond donors (Lipinski definition) is 0. The van der Waals surface area contributed by atoms with Crippen LogP contribution in [0.15, 0.2) is 41.4 Å². The number of pyridine rings is 1. The van der Waals surface area contributed by atoms with E-state index < -0.39 is 0 Å². The summed E-state index contributed by atoms with van der Waals surface area (Å²) in [5.41, 5.74) is 5.21. The normalized spacial score (nSPS) is 18.2. The zero-order chi connectivity index (χ0) is 17.9. The Balaban J connectivity index is 1.47. The highest BCUT2D eigenvalue weighted by molar-refractivity contribution is 5.66. The molecule has 4 heterocycles. The lowest BCUT2D eigenvalue weighted by Crippen LogP contribution is -2.34. The Hall–Kier alpha value is -2.60. The van der Waals surface area contributed by atoms with E-state index in [9.17, 15) is 0 Å². The van der Waals surface area contributed by atoms with E-state index in [1.165, 1.54) is 12.8 Å². The summed E-state index contributed by atoms with van der Waals surface area (Å²) < 4.78 is 5.27. The number of nitrogens with zero attached hydrogens (tertiary/aromatic N) is 5. The first kappa shape index (κ1) is 16.8. The molecule has 0 amide bonds. The average Bonchev–Trinajstić information content (AvgIpc) is 3.01. The van der Waals surface area contributed by atoms with Gasteiger partial charge in [0.15, 0.2) is 0 Å². The van der Waals surface area contributed by atoms with Gasteiger partial charge in [0.05, 0.1) is 11.4 Å². The highest BCUT2D eigenvalue weighted by Gasteiger charge is 2.23. The summed E-state index contributed by atoms with van der Waals surface area (Å²) in [5.74, 6) is 1.30. The third kappa shape index (κ3) is 3.51. The van der Waals surface area contributed by atoms with Crippen LogP contribution in [0.5, 0.6) is 0 Å². The number of hydrogen-bond acceptors (Lipinski definition) is 6. The van der Waals surface area contributed by atoms with Crippen LogP contribution in [0.1, 0.15) is 41.6 Å². The third-order valence-electron chi connectivity index (χ3n) is 5.03. The van der Waals surface area contributed by atoms with E-state index in [4.69, 9.17) is 9.51 Å². The standard InChI is InChI=1S/C20H23N5O/c1-14-20(15(2)26-24-14)16-5-6-19(23-10-16)17-4-3-9-25(12-17)13-18-11-21-7-8-22-18/h5-8,10-11,17H,3-4,9,12-13H2,1-2H3. The molecular weight excluding hydrogens is 326 g/mol. The van der Waals surface area contributed by atoms with Crippen LogP contribution in [-0.2, 0) is 6.54 Å². The van der Waals surface area contributed by atoms with Crippen molar-refractivity contribution in [1.82, 2.24) is 25.0 Å². The average molecular weight is 349 g/mol. The van der Waals surface area contributed by atoms with E-state index in [1.54, 1.807) is 12.4 Å². The predicted octanol–water partition coefficient (Wildman–Crippen LogP) is 3.52. The molecule has 4 rings (SSSR count). The highest BCUT2D eigenvalue weighted by atomic mass is 16.5. The van der Waals surface area contributed by atoms with Gasteiger partial charge in [0.1, 0.15) is 5.76 Å². The minimum atomic E-state index is 0.458. The lowest BCUT2D eigenvalue weighted by Gasteiger charge is -2.32. The molecule has 1 saturated heterocycles. The van der Waals surface area contributed by atoms with E-state index >= 15 is 0 Å². The maximum absolute atomic E-state index is 5.27. The van der Waals surface area contributed by atoms with Gasteiger partial charge in [-0.25, -0.2) is 0 Å². The molecule has 0 bridgehead atoms. The van der Waals surface area contributed by atoms with Crippen molar-refractivity contribution in [3.8, 4) is 11.1 Å². The Labute approximate surface area is 153 Å². The molecule has 0 aromatic carbocycles. The Morgan fingerprint density at radius 2 is 2.08 bits per heavy atom. The van der Waals surface area contributed by atoms with Crippen molar-refractivity contribution in [1.29, 1.82) is 0 Å². The van der Waals surface area contributed by atoms with Crippen LogP contribution in [-0.4, -0.2) is 38.1 Å². The monoisotopic (exact) mass is 349 g/mol. The zero-order valence-corrected chi connectivity index (χ0v) is 15.2. The quantitative estimate of drug-likeness (QED) is 0.718. The van der Waals surface area contributed by atoms with Crippen molar-refractivity contribution in [2.24, 2.45) is 0 Å². The van der Waals surface area contributed by atoms with Crippen LogP contribution >= 0.6 is 0 Å². The van der Waals surface area contributed by atoms with E-state index in [1.807, 2.05) is 26.2 Å². The smallest absolute Gasteiger partial charge is 0.141 e. The van der Waals surface area contributed by atoms with Crippen molar-refractivity contribution in [2.45, 2.75) is 39.2 Å². The zero-order valence-electron chi connectivity index (χ0n) is 15.2. The number of likely N-dealkylation sites (tertiary alicyclic amines) is 1. The molecule has 0 saturated carbocycles. The second-order valence-corrected chi connectivity index (χ2v) is 6.94. The molecule has 1 fully saturated rings. The summed E-state index contributed by atoms with van der Waals surface area (Å²) in [6.45, 7) is 6.86. The maximum Gasteiger partial charge on any atom is 0.141 e. The van der Waals surface area contributed by atoms with Crippen molar-refractivity contribution >= 4 is 0 Å². The topological polar surface area (TPSA) is 67.9 Å². The first-order chi connectivity index (χ1) is 12.7. The van der Waals surface area contributed by atoms with Gasteiger partial charge in [-0.05, 0) is 39.3 Å². The van der Waals surface area contributed by atoms with Crippen LogP contribution in [0.3, 0.4) is 0 Å². The molecular formula is C20H23N5O. The van der Waals surface area contributed by atoms with E-state index in [0.717, 1.165) is 53.6 Å².